The molecular formula is C14H18N2O4. The van der Waals surface area contributed by atoms with Crippen molar-refractivity contribution in [1.29, 1.82) is 0 Å². The van der Waals surface area contributed by atoms with Gasteiger partial charge in [0.05, 0.1) is 11.5 Å². The van der Waals surface area contributed by atoms with Crippen LogP contribution in [0.15, 0.2) is 18.2 Å². The molecule has 0 bridgehead atoms. The summed E-state index contributed by atoms with van der Waals surface area (Å²) in [6, 6.07) is 3.75. The number of carbonyl (C=O) groups excluding carboxylic acids is 2. The van der Waals surface area contributed by atoms with Crippen LogP contribution in [0.4, 0.5) is 0 Å². The van der Waals surface area contributed by atoms with Crippen molar-refractivity contribution in [2.45, 2.75) is 25.8 Å². The SMILES string of the molecule is CC1CCC(C(N)=O)CN1C(=O)c1cc(O)ccc1O. The third kappa shape index (κ3) is 2.68. The molecule has 108 valence electrons. The van der Waals surface area contributed by atoms with Crippen LogP contribution in [0.5, 0.6) is 11.5 Å². The Labute approximate surface area is 116 Å². The Morgan fingerprint density at radius 2 is 2.00 bits per heavy atom. The summed E-state index contributed by atoms with van der Waals surface area (Å²) in [7, 11) is 0. The highest BCUT2D eigenvalue weighted by molar-refractivity contribution is 5.97. The molecule has 1 heterocycles. The van der Waals surface area contributed by atoms with Crippen LogP contribution >= 0.6 is 0 Å². The third-order valence-corrected chi connectivity index (χ3v) is 3.76. The second kappa shape index (κ2) is 5.40. The predicted octanol–water partition coefficient (Wildman–Crippen LogP) is 0.824. The minimum atomic E-state index is -0.421. The molecule has 0 aromatic heterocycles. The number of hydrogen-bond donors (Lipinski definition) is 3. The first-order valence-corrected chi connectivity index (χ1v) is 6.52. The predicted molar refractivity (Wildman–Crippen MR) is 72.2 cm³/mol. The van der Waals surface area contributed by atoms with Crippen molar-refractivity contribution in [3.05, 3.63) is 23.8 Å². The maximum absolute atomic E-state index is 12.5. The number of aromatic hydroxyl groups is 2. The Kier molecular flexibility index (Phi) is 3.83. The van der Waals surface area contributed by atoms with Crippen LogP contribution in [0.2, 0.25) is 0 Å². The van der Waals surface area contributed by atoms with Gasteiger partial charge in [-0.1, -0.05) is 0 Å². The summed E-state index contributed by atoms with van der Waals surface area (Å²) in [5.74, 6) is -1.48. The summed E-state index contributed by atoms with van der Waals surface area (Å²) in [5.41, 5.74) is 5.33. The molecule has 1 fully saturated rings. The van der Waals surface area contributed by atoms with Crippen LogP contribution < -0.4 is 5.73 Å². The second-order valence-corrected chi connectivity index (χ2v) is 5.18. The van der Waals surface area contributed by atoms with Crippen molar-refractivity contribution in [1.82, 2.24) is 4.90 Å². The van der Waals surface area contributed by atoms with E-state index in [0.717, 1.165) is 0 Å². The number of primary amides is 1. The van der Waals surface area contributed by atoms with Gasteiger partial charge < -0.3 is 20.8 Å². The smallest absolute Gasteiger partial charge is 0.258 e. The van der Waals surface area contributed by atoms with Crippen molar-refractivity contribution >= 4 is 11.8 Å². The Morgan fingerprint density at radius 3 is 2.65 bits per heavy atom. The molecule has 1 aliphatic heterocycles. The molecule has 2 rings (SSSR count). The number of hydrogen-bond acceptors (Lipinski definition) is 4. The summed E-state index contributed by atoms with van der Waals surface area (Å²) < 4.78 is 0. The molecule has 1 aromatic carbocycles. The van der Waals surface area contributed by atoms with Gasteiger partial charge >= 0.3 is 0 Å². The molecule has 0 spiro atoms. The van der Waals surface area contributed by atoms with Crippen LogP contribution in [0.25, 0.3) is 0 Å². The zero-order valence-electron chi connectivity index (χ0n) is 11.2. The number of nitrogens with zero attached hydrogens (tertiary/aromatic N) is 1. The lowest BCUT2D eigenvalue weighted by Gasteiger charge is -2.37. The van der Waals surface area contributed by atoms with Gasteiger partial charge in [-0.3, -0.25) is 9.59 Å². The summed E-state index contributed by atoms with van der Waals surface area (Å²) in [6.45, 7) is 2.12. The van der Waals surface area contributed by atoms with Gasteiger partial charge in [-0.15, -0.1) is 0 Å². The van der Waals surface area contributed by atoms with Gasteiger partial charge in [-0.25, -0.2) is 0 Å². The van der Waals surface area contributed by atoms with E-state index in [-0.39, 0.29) is 35.6 Å². The molecule has 2 unspecified atom stereocenters. The Morgan fingerprint density at radius 1 is 1.30 bits per heavy atom. The van der Waals surface area contributed by atoms with Crippen LogP contribution in [-0.2, 0) is 4.79 Å². The molecule has 4 N–H and O–H groups in total. The standard InChI is InChI=1S/C14H18N2O4/c1-8-2-3-9(13(15)19)7-16(8)14(20)11-6-10(17)4-5-12(11)18/h4-6,8-9,17-18H,2-3,7H2,1H3,(H2,15,19). The second-order valence-electron chi connectivity index (χ2n) is 5.18. The first-order valence-electron chi connectivity index (χ1n) is 6.52. The zero-order valence-corrected chi connectivity index (χ0v) is 11.2. The molecule has 0 aliphatic carbocycles. The number of rotatable bonds is 2. The van der Waals surface area contributed by atoms with Crippen LogP contribution in [-0.4, -0.2) is 39.5 Å². The molecule has 2 amide bonds. The maximum Gasteiger partial charge on any atom is 0.258 e. The van der Waals surface area contributed by atoms with E-state index in [1.165, 1.54) is 23.1 Å². The molecule has 1 aliphatic rings. The Balaban J connectivity index is 2.26. The maximum atomic E-state index is 12.5. The number of likely N-dealkylation sites (tertiary alicyclic amines) is 1. The first-order chi connectivity index (χ1) is 9.40. The number of phenols is 2. The van der Waals surface area contributed by atoms with E-state index < -0.39 is 11.8 Å². The Hall–Kier alpha value is -2.24. The number of amides is 2. The highest BCUT2D eigenvalue weighted by atomic mass is 16.3. The molecular weight excluding hydrogens is 260 g/mol. The van der Waals surface area contributed by atoms with Crippen LogP contribution in [0, 0.1) is 5.92 Å². The average molecular weight is 278 g/mol. The van der Waals surface area contributed by atoms with Gasteiger partial charge in [0.25, 0.3) is 5.91 Å². The van der Waals surface area contributed by atoms with Gasteiger partial charge in [0.2, 0.25) is 5.91 Å². The van der Waals surface area contributed by atoms with Gasteiger partial charge in [0.15, 0.2) is 0 Å². The number of piperidine rings is 1. The summed E-state index contributed by atoms with van der Waals surface area (Å²) in [4.78, 5) is 25.3. The zero-order chi connectivity index (χ0) is 14.9. The normalized spacial score (nSPS) is 22.6. The van der Waals surface area contributed by atoms with Gasteiger partial charge in [-0.2, -0.15) is 0 Å². The average Bonchev–Trinajstić information content (AvgIpc) is 2.41. The largest absolute Gasteiger partial charge is 0.508 e. The van der Waals surface area contributed by atoms with E-state index in [2.05, 4.69) is 0 Å². The van der Waals surface area contributed by atoms with Crippen molar-refractivity contribution in [2.24, 2.45) is 11.7 Å². The van der Waals surface area contributed by atoms with Gasteiger partial charge in [-0.05, 0) is 38.0 Å². The lowest BCUT2D eigenvalue weighted by Crippen LogP contribution is -2.48. The van der Waals surface area contributed by atoms with E-state index in [1.54, 1.807) is 0 Å². The van der Waals surface area contributed by atoms with E-state index in [4.69, 9.17) is 5.73 Å². The molecule has 0 saturated carbocycles. The molecule has 2 atom stereocenters. The minimum Gasteiger partial charge on any atom is -0.508 e. The summed E-state index contributed by atoms with van der Waals surface area (Å²) in [5, 5.41) is 19.2. The lowest BCUT2D eigenvalue weighted by molar-refractivity contribution is -0.123. The van der Waals surface area contributed by atoms with Crippen molar-refractivity contribution < 1.29 is 19.8 Å². The van der Waals surface area contributed by atoms with Gasteiger partial charge in [0, 0.05) is 12.6 Å². The number of benzene rings is 1. The molecule has 6 heteroatoms. The van der Waals surface area contributed by atoms with E-state index >= 15 is 0 Å². The minimum absolute atomic E-state index is 0.0296. The summed E-state index contributed by atoms with van der Waals surface area (Å²) in [6.07, 6.45) is 1.34. The number of carbonyl (C=O) groups is 2. The fourth-order valence-electron chi connectivity index (χ4n) is 2.47. The third-order valence-electron chi connectivity index (χ3n) is 3.76. The molecule has 1 aromatic rings. The number of phenolic OH excluding ortho intramolecular Hbond substituents is 2. The van der Waals surface area contributed by atoms with E-state index in [0.29, 0.717) is 12.8 Å². The topological polar surface area (TPSA) is 104 Å². The lowest BCUT2D eigenvalue weighted by atomic mass is 9.92. The molecule has 20 heavy (non-hydrogen) atoms. The fourth-order valence-corrected chi connectivity index (χ4v) is 2.47. The first kappa shape index (κ1) is 14.2. The molecule has 1 saturated heterocycles. The van der Waals surface area contributed by atoms with E-state index in [9.17, 15) is 19.8 Å². The van der Waals surface area contributed by atoms with Crippen molar-refractivity contribution in [3.8, 4) is 11.5 Å². The quantitative estimate of drug-likeness (QED) is 0.697. The highest BCUT2D eigenvalue weighted by Crippen LogP contribution is 2.28. The molecule has 0 radical (unpaired) electrons. The Bertz CT molecular complexity index is 544. The molecule has 6 nitrogen and oxygen atoms in total. The van der Waals surface area contributed by atoms with Crippen molar-refractivity contribution in [2.75, 3.05) is 6.54 Å². The highest BCUT2D eigenvalue weighted by Gasteiger charge is 2.33. The fraction of sp³-hybridized carbons (Fsp3) is 0.429. The summed E-state index contributed by atoms with van der Waals surface area (Å²) >= 11 is 0. The van der Waals surface area contributed by atoms with Gasteiger partial charge in [0.1, 0.15) is 11.5 Å². The monoisotopic (exact) mass is 278 g/mol. The number of nitrogens with two attached hydrogens (primary N) is 1. The van der Waals surface area contributed by atoms with Crippen molar-refractivity contribution in [3.63, 3.8) is 0 Å². The van der Waals surface area contributed by atoms with Crippen LogP contribution in [0.1, 0.15) is 30.1 Å². The van der Waals surface area contributed by atoms with Crippen LogP contribution in [0.3, 0.4) is 0 Å². The van der Waals surface area contributed by atoms with E-state index in [1.807, 2.05) is 6.92 Å².